The summed E-state index contributed by atoms with van der Waals surface area (Å²) < 4.78 is 1.92. The molecule has 1 aromatic carbocycles. The maximum atomic E-state index is 11.9. The van der Waals surface area contributed by atoms with E-state index in [2.05, 4.69) is 17.3 Å². The molecular formula is C15H18ClN3O. The molecule has 0 radical (unpaired) electrons. The van der Waals surface area contributed by atoms with Crippen molar-refractivity contribution in [2.75, 3.05) is 6.54 Å². The summed E-state index contributed by atoms with van der Waals surface area (Å²) in [6, 6.07) is 6.91. The van der Waals surface area contributed by atoms with E-state index < -0.39 is 0 Å². The lowest BCUT2D eigenvalue weighted by molar-refractivity contribution is 0.0952. The van der Waals surface area contributed by atoms with E-state index in [9.17, 15) is 4.79 Å². The summed E-state index contributed by atoms with van der Waals surface area (Å²) in [5.41, 5.74) is 3.94. The second-order valence-electron chi connectivity index (χ2n) is 4.79. The summed E-state index contributed by atoms with van der Waals surface area (Å²) in [5.74, 6) is -0.120. The van der Waals surface area contributed by atoms with Crippen LogP contribution in [0.5, 0.6) is 0 Å². The van der Waals surface area contributed by atoms with Crippen molar-refractivity contribution in [2.45, 2.75) is 27.3 Å². The van der Waals surface area contributed by atoms with Crippen LogP contribution in [0.2, 0.25) is 5.02 Å². The number of carbonyl (C=O) groups is 1. The van der Waals surface area contributed by atoms with Crippen molar-refractivity contribution in [1.29, 1.82) is 0 Å². The van der Waals surface area contributed by atoms with Crippen LogP contribution in [0.3, 0.4) is 0 Å². The van der Waals surface area contributed by atoms with Gasteiger partial charge >= 0.3 is 0 Å². The monoisotopic (exact) mass is 291 g/mol. The number of carbonyl (C=O) groups excluding carboxylic acids is 1. The number of nitrogens with one attached hydrogen (secondary N) is 1. The third kappa shape index (κ3) is 3.20. The van der Waals surface area contributed by atoms with Gasteiger partial charge in [0.2, 0.25) is 0 Å². The van der Waals surface area contributed by atoms with Crippen LogP contribution in [-0.4, -0.2) is 22.2 Å². The molecular weight excluding hydrogens is 274 g/mol. The molecule has 20 heavy (non-hydrogen) atoms. The number of amides is 1. The molecule has 1 aromatic heterocycles. The zero-order valence-electron chi connectivity index (χ0n) is 11.9. The molecule has 0 unspecified atom stereocenters. The molecule has 0 aliphatic heterocycles. The molecule has 0 saturated heterocycles. The van der Waals surface area contributed by atoms with Gasteiger partial charge in [-0.3, -0.25) is 9.48 Å². The second-order valence-corrected chi connectivity index (χ2v) is 5.22. The molecule has 0 saturated carbocycles. The van der Waals surface area contributed by atoms with Gasteiger partial charge in [0.25, 0.3) is 5.91 Å². The van der Waals surface area contributed by atoms with E-state index in [1.807, 2.05) is 18.5 Å². The fraction of sp³-hybridized carbons (Fsp3) is 0.333. The Morgan fingerprint density at radius 1 is 1.35 bits per heavy atom. The van der Waals surface area contributed by atoms with E-state index in [0.717, 1.165) is 11.4 Å². The molecule has 1 heterocycles. The molecule has 0 spiro atoms. The number of aromatic nitrogens is 2. The molecule has 1 N–H and O–H groups in total. The Labute approximate surface area is 123 Å². The summed E-state index contributed by atoms with van der Waals surface area (Å²) in [4.78, 5) is 11.9. The quantitative estimate of drug-likeness (QED) is 0.941. The molecule has 4 nitrogen and oxygen atoms in total. The van der Waals surface area contributed by atoms with Gasteiger partial charge in [0.1, 0.15) is 0 Å². The fourth-order valence-electron chi connectivity index (χ4n) is 2.01. The molecule has 0 atom stereocenters. The maximum Gasteiger partial charge on any atom is 0.251 e. The predicted octanol–water partition coefficient (Wildman–Crippen LogP) is 2.89. The molecule has 2 aromatic rings. The minimum atomic E-state index is -0.120. The van der Waals surface area contributed by atoms with Crippen LogP contribution in [-0.2, 0) is 6.54 Å². The number of hydrogen-bond donors (Lipinski definition) is 1. The molecule has 2 rings (SSSR count). The van der Waals surface area contributed by atoms with Crippen molar-refractivity contribution in [3.05, 3.63) is 51.8 Å². The fourth-order valence-corrected chi connectivity index (χ4v) is 2.20. The van der Waals surface area contributed by atoms with Gasteiger partial charge < -0.3 is 5.32 Å². The van der Waals surface area contributed by atoms with Gasteiger partial charge in [0.15, 0.2) is 0 Å². The van der Waals surface area contributed by atoms with Gasteiger partial charge in [-0.15, -0.1) is 0 Å². The van der Waals surface area contributed by atoms with E-state index >= 15 is 0 Å². The average molecular weight is 292 g/mol. The Morgan fingerprint density at radius 2 is 2.10 bits per heavy atom. The van der Waals surface area contributed by atoms with Crippen molar-refractivity contribution in [3.8, 4) is 0 Å². The minimum absolute atomic E-state index is 0.120. The van der Waals surface area contributed by atoms with Crippen LogP contribution in [0.1, 0.15) is 27.3 Å². The van der Waals surface area contributed by atoms with Crippen molar-refractivity contribution in [3.63, 3.8) is 0 Å². The largest absolute Gasteiger partial charge is 0.350 e. The Balaban J connectivity index is 1.93. The highest BCUT2D eigenvalue weighted by Crippen LogP contribution is 2.11. The Hall–Kier alpha value is -1.81. The molecule has 0 aliphatic carbocycles. The van der Waals surface area contributed by atoms with Crippen molar-refractivity contribution in [1.82, 2.24) is 15.1 Å². The minimum Gasteiger partial charge on any atom is -0.350 e. The van der Waals surface area contributed by atoms with Crippen LogP contribution in [0, 0.1) is 20.8 Å². The molecule has 0 bridgehead atoms. The summed E-state index contributed by atoms with van der Waals surface area (Å²) >= 11 is 5.87. The first-order chi connectivity index (χ1) is 9.49. The summed E-state index contributed by atoms with van der Waals surface area (Å²) in [7, 11) is 0. The van der Waals surface area contributed by atoms with Crippen LogP contribution in [0.4, 0.5) is 0 Å². The summed E-state index contributed by atoms with van der Waals surface area (Å²) in [6.45, 7) is 7.27. The number of hydrogen-bond acceptors (Lipinski definition) is 2. The highest BCUT2D eigenvalue weighted by atomic mass is 35.5. The molecule has 106 valence electrons. The molecule has 0 fully saturated rings. The van der Waals surface area contributed by atoms with Crippen LogP contribution in [0.25, 0.3) is 0 Å². The zero-order chi connectivity index (χ0) is 14.7. The molecule has 0 aliphatic rings. The number of nitrogens with zero attached hydrogens (tertiary/aromatic N) is 2. The van der Waals surface area contributed by atoms with Crippen LogP contribution < -0.4 is 5.32 Å². The summed E-state index contributed by atoms with van der Waals surface area (Å²) in [6.07, 6.45) is 0. The first kappa shape index (κ1) is 14.6. The highest BCUT2D eigenvalue weighted by Gasteiger charge is 2.08. The van der Waals surface area contributed by atoms with E-state index in [1.165, 1.54) is 5.56 Å². The molecule has 1 amide bonds. The second kappa shape index (κ2) is 6.09. The smallest absolute Gasteiger partial charge is 0.251 e. The Morgan fingerprint density at radius 3 is 2.70 bits per heavy atom. The van der Waals surface area contributed by atoms with Crippen LogP contribution in [0.15, 0.2) is 24.3 Å². The Bertz CT molecular complexity index is 634. The maximum absolute atomic E-state index is 11.9. The van der Waals surface area contributed by atoms with Gasteiger partial charge in [0.05, 0.1) is 12.2 Å². The van der Waals surface area contributed by atoms with Gasteiger partial charge in [0, 0.05) is 22.8 Å². The highest BCUT2D eigenvalue weighted by molar-refractivity contribution is 6.30. The van der Waals surface area contributed by atoms with E-state index in [0.29, 0.717) is 23.7 Å². The number of benzene rings is 1. The average Bonchev–Trinajstić information content (AvgIpc) is 2.66. The number of rotatable bonds is 4. The third-order valence-electron chi connectivity index (χ3n) is 3.44. The van der Waals surface area contributed by atoms with E-state index in [4.69, 9.17) is 11.6 Å². The van der Waals surface area contributed by atoms with Crippen molar-refractivity contribution in [2.24, 2.45) is 0 Å². The van der Waals surface area contributed by atoms with Gasteiger partial charge in [-0.05, 0) is 44.5 Å². The lowest BCUT2D eigenvalue weighted by Crippen LogP contribution is -2.27. The Kier molecular flexibility index (Phi) is 4.45. The zero-order valence-corrected chi connectivity index (χ0v) is 12.7. The lowest BCUT2D eigenvalue weighted by Gasteiger charge is -2.07. The van der Waals surface area contributed by atoms with Gasteiger partial charge in [-0.25, -0.2) is 0 Å². The van der Waals surface area contributed by atoms with Crippen LogP contribution >= 0.6 is 11.6 Å². The van der Waals surface area contributed by atoms with E-state index in [1.54, 1.807) is 24.3 Å². The third-order valence-corrected chi connectivity index (χ3v) is 3.67. The first-order valence-electron chi connectivity index (χ1n) is 6.53. The normalized spacial score (nSPS) is 10.6. The number of aryl methyl sites for hydroxylation is 1. The predicted molar refractivity (Wildman–Crippen MR) is 80.2 cm³/mol. The van der Waals surface area contributed by atoms with Gasteiger partial charge in [-0.1, -0.05) is 17.7 Å². The standard InChI is InChI=1S/C15H18ClN3O/c1-10-11(2)18-19(12(10)3)8-7-17-15(20)13-5-4-6-14(16)9-13/h4-6,9H,7-8H2,1-3H3,(H,17,20). The van der Waals surface area contributed by atoms with Crippen molar-refractivity contribution >= 4 is 17.5 Å². The lowest BCUT2D eigenvalue weighted by atomic mass is 10.2. The van der Waals surface area contributed by atoms with E-state index in [-0.39, 0.29) is 5.91 Å². The van der Waals surface area contributed by atoms with Gasteiger partial charge in [-0.2, -0.15) is 5.10 Å². The molecule has 5 heteroatoms. The number of halogens is 1. The SMILES string of the molecule is Cc1nn(CCNC(=O)c2cccc(Cl)c2)c(C)c1C. The topological polar surface area (TPSA) is 46.9 Å². The first-order valence-corrected chi connectivity index (χ1v) is 6.91. The van der Waals surface area contributed by atoms with Crippen molar-refractivity contribution < 1.29 is 4.79 Å². The summed E-state index contributed by atoms with van der Waals surface area (Å²) in [5, 5.41) is 7.87.